The van der Waals surface area contributed by atoms with Crippen LogP contribution in [0.4, 0.5) is 0 Å². The van der Waals surface area contributed by atoms with Gasteiger partial charge in [-0.3, -0.25) is 0 Å². The van der Waals surface area contributed by atoms with Crippen molar-refractivity contribution in [2.45, 2.75) is 6.61 Å². The van der Waals surface area contributed by atoms with Crippen LogP contribution in [0.25, 0.3) is 16.9 Å². The second kappa shape index (κ2) is 4.16. The maximum absolute atomic E-state index is 9.88. The quantitative estimate of drug-likeness (QED) is 0.722. The Kier molecular flexibility index (Phi) is 2.50. The maximum atomic E-state index is 9.88. The summed E-state index contributed by atoms with van der Waals surface area (Å²) in [4.78, 5) is 4.46. The molecule has 1 aromatic carbocycles. The van der Waals surface area contributed by atoms with Gasteiger partial charge in [-0.25, -0.2) is 4.98 Å². The largest absolute Gasteiger partial charge is 0.507 e. The first-order valence-corrected chi connectivity index (χ1v) is 5.66. The number of aliphatic hydroxyl groups excluding tert-OH is 1. The number of phenols is 1. The van der Waals surface area contributed by atoms with Gasteiger partial charge in [-0.2, -0.15) is 0 Å². The number of fused-ring (bicyclic) bond motifs is 1. The first-order valence-electron chi connectivity index (χ1n) is 5.66. The molecule has 4 heteroatoms. The van der Waals surface area contributed by atoms with E-state index in [4.69, 9.17) is 0 Å². The first kappa shape index (κ1) is 10.8. The van der Waals surface area contributed by atoms with E-state index < -0.39 is 0 Å². The Morgan fingerprint density at radius 3 is 2.61 bits per heavy atom. The van der Waals surface area contributed by atoms with Crippen LogP contribution in [-0.2, 0) is 6.61 Å². The molecule has 0 aliphatic heterocycles. The molecule has 4 nitrogen and oxygen atoms in total. The minimum absolute atomic E-state index is 0.130. The van der Waals surface area contributed by atoms with Crippen molar-refractivity contribution in [1.82, 2.24) is 9.38 Å². The second-order valence-electron chi connectivity index (χ2n) is 4.01. The second-order valence-corrected chi connectivity index (χ2v) is 4.01. The van der Waals surface area contributed by atoms with Gasteiger partial charge in [-0.15, -0.1) is 0 Å². The van der Waals surface area contributed by atoms with Crippen molar-refractivity contribution in [3.05, 3.63) is 54.4 Å². The van der Waals surface area contributed by atoms with Gasteiger partial charge in [0.1, 0.15) is 11.4 Å². The Morgan fingerprint density at radius 2 is 1.83 bits per heavy atom. The van der Waals surface area contributed by atoms with Gasteiger partial charge < -0.3 is 14.6 Å². The summed E-state index contributed by atoms with van der Waals surface area (Å²) in [5, 5.41) is 19.4. The minimum Gasteiger partial charge on any atom is -0.507 e. The van der Waals surface area contributed by atoms with Gasteiger partial charge in [0, 0.05) is 11.8 Å². The lowest BCUT2D eigenvalue weighted by Gasteiger charge is -2.03. The Labute approximate surface area is 104 Å². The Balaban J connectivity index is 2.32. The third-order valence-electron chi connectivity index (χ3n) is 2.94. The molecule has 0 aliphatic carbocycles. The zero-order valence-corrected chi connectivity index (χ0v) is 9.61. The van der Waals surface area contributed by atoms with E-state index >= 15 is 0 Å². The van der Waals surface area contributed by atoms with Gasteiger partial charge in [0.2, 0.25) is 0 Å². The zero-order chi connectivity index (χ0) is 12.5. The number of aromatic nitrogens is 2. The molecule has 0 aliphatic rings. The van der Waals surface area contributed by atoms with Crippen LogP contribution in [-0.4, -0.2) is 19.6 Å². The summed E-state index contributed by atoms with van der Waals surface area (Å²) in [6.07, 6.45) is 1.84. The smallest absolute Gasteiger partial charge is 0.137 e. The van der Waals surface area contributed by atoms with E-state index in [1.807, 2.05) is 34.9 Å². The van der Waals surface area contributed by atoms with Crippen LogP contribution in [0.2, 0.25) is 0 Å². The molecule has 0 radical (unpaired) electrons. The minimum atomic E-state index is -0.130. The molecule has 0 bridgehead atoms. The molecular weight excluding hydrogens is 228 g/mol. The molecule has 0 spiro atoms. The fourth-order valence-electron chi connectivity index (χ4n) is 2.09. The highest BCUT2D eigenvalue weighted by Crippen LogP contribution is 2.31. The van der Waals surface area contributed by atoms with Crippen molar-refractivity contribution in [2.24, 2.45) is 0 Å². The van der Waals surface area contributed by atoms with Gasteiger partial charge in [0.25, 0.3) is 0 Å². The van der Waals surface area contributed by atoms with Crippen LogP contribution in [0.5, 0.6) is 5.75 Å². The molecule has 2 N–H and O–H groups in total. The first-order chi connectivity index (χ1) is 8.81. The zero-order valence-electron chi connectivity index (χ0n) is 9.61. The van der Waals surface area contributed by atoms with Gasteiger partial charge in [0.05, 0.1) is 18.0 Å². The van der Waals surface area contributed by atoms with E-state index in [2.05, 4.69) is 4.98 Å². The van der Waals surface area contributed by atoms with Gasteiger partial charge >= 0.3 is 0 Å². The van der Waals surface area contributed by atoms with Crippen molar-refractivity contribution in [3.63, 3.8) is 0 Å². The molecule has 3 aromatic rings. The Hall–Kier alpha value is -2.33. The summed E-state index contributed by atoms with van der Waals surface area (Å²) in [7, 11) is 0. The van der Waals surface area contributed by atoms with Crippen LogP contribution in [0, 0.1) is 0 Å². The number of phenolic OH excluding ortho intramolecular Hbond substituents is 1. The highest BCUT2D eigenvalue weighted by molar-refractivity contribution is 5.71. The monoisotopic (exact) mass is 240 g/mol. The third-order valence-corrected chi connectivity index (χ3v) is 2.94. The predicted molar refractivity (Wildman–Crippen MR) is 68.2 cm³/mol. The summed E-state index contributed by atoms with van der Waals surface area (Å²) in [6.45, 7) is -0.130. The number of benzene rings is 1. The molecule has 0 saturated heterocycles. The lowest BCUT2D eigenvalue weighted by Crippen LogP contribution is -1.93. The number of para-hydroxylation sites is 1. The molecule has 0 atom stereocenters. The number of aliphatic hydroxyl groups is 1. The third kappa shape index (κ3) is 1.55. The standard InChI is InChI=1S/C14H12N2O2/c17-9-11-14(10-5-1-2-6-12(10)18)15-13-7-3-4-8-16(11)13/h1-8,17-18H,9H2. The molecule has 0 saturated carbocycles. The number of hydrogen-bond donors (Lipinski definition) is 2. The van der Waals surface area contributed by atoms with Crippen LogP contribution in [0.3, 0.4) is 0 Å². The summed E-state index contributed by atoms with van der Waals surface area (Å²) < 4.78 is 1.82. The van der Waals surface area contributed by atoms with E-state index in [1.54, 1.807) is 18.2 Å². The molecule has 0 amide bonds. The number of hydrogen-bond acceptors (Lipinski definition) is 3. The molecule has 90 valence electrons. The number of aromatic hydroxyl groups is 1. The predicted octanol–water partition coefficient (Wildman–Crippen LogP) is 2.20. The molecule has 2 heterocycles. The summed E-state index contributed by atoms with van der Waals surface area (Å²) in [5.41, 5.74) is 2.67. The van der Waals surface area contributed by atoms with E-state index in [-0.39, 0.29) is 12.4 Å². The summed E-state index contributed by atoms with van der Waals surface area (Å²) in [5.74, 6) is 0.163. The van der Waals surface area contributed by atoms with Gasteiger partial charge in [-0.1, -0.05) is 18.2 Å². The number of pyridine rings is 1. The molecular formula is C14H12N2O2. The van der Waals surface area contributed by atoms with Gasteiger partial charge in [-0.05, 0) is 24.3 Å². The Bertz CT molecular complexity index is 704. The fourth-order valence-corrected chi connectivity index (χ4v) is 2.09. The van der Waals surface area contributed by atoms with Gasteiger partial charge in [0.15, 0.2) is 0 Å². The number of rotatable bonds is 2. The molecule has 2 aromatic heterocycles. The van der Waals surface area contributed by atoms with Crippen LogP contribution >= 0.6 is 0 Å². The summed E-state index contributed by atoms with van der Waals surface area (Å²) >= 11 is 0. The number of nitrogens with zero attached hydrogens (tertiary/aromatic N) is 2. The van der Waals surface area contributed by atoms with Crippen molar-refractivity contribution in [2.75, 3.05) is 0 Å². The van der Waals surface area contributed by atoms with Crippen molar-refractivity contribution in [3.8, 4) is 17.0 Å². The SMILES string of the molecule is OCc1c(-c2ccccc2O)nc2ccccn12. The lowest BCUT2D eigenvalue weighted by molar-refractivity contribution is 0.276. The molecule has 18 heavy (non-hydrogen) atoms. The summed E-state index contributed by atoms with van der Waals surface area (Å²) in [6, 6.07) is 12.6. The molecule has 0 unspecified atom stereocenters. The van der Waals surface area contributed by atoms with E-state index in [0.29, 0.717) is 17.0 Å². The van der Waals surface area contributed by atoms with E-state index in [9.17, 15) is 10.2 Å². The van der Waals surface area contributed by atoms with Crippen LogP contribution in [0.15, 0.2) is 48.7 Å². The highest BCUT2D eigenvalue weighted by atomic mass is 16.3. The van der Waals surface area contributed by atoms with E-state index in [0.717, 1.165) is 5.65 Å². The fraction of sp³-hybridized carbons (Fsp3) is 0.0714. The number of imidazole rings is 1. The highest BCUT2D eigenvalue weighted by Gasteiger charge is 2.15. The molecule has 0 fully saturated rings. The van der Waals surface area contributed by atoms with E-state index in [1.165, 1.54) is 0 Å². The van der Waals surface area contributed by atoms with Crippen molar-refractivity contribution in [1.29, 1.82) is 0 Å². The maximum Gasteiger partial charge on any atom is 0.137 e. The topological polar surface area (TPSA) is 57.8 Å². The van der Waals surface area contributed by atoms with Crippen LogP contribution in [0.1, 0.15) is 5.69 Å². The lowest BCUT2D eigenvalue weighted by atomic mass is 10.1. The van der Waals surface area contributed by atoms with Crippen molar-refractivity contribution < 1.29 is 10.2 Å². The van der Waals surface area contributed by atoms with Crippen LogP contribution < -0.4 is 0 Å². The van der Waals surface area contributed by atoms with Crippen molar-refractivity contribution >= 4 is 5.65 Å². The average Bonchev–Trinajstić information content (AvgIpc) is 2.77. The average molecular weight is 240 g/mol. The Morgan fingerprint density at radius 1 is 1.06 bits per heavy atom. The molecule has 3 rings (SSSR count). The normalized spacial score (nSPS) is 10.9.